The number of aryl methyl sites for hydroxylation is 2. The van der Waals surface area contributed by atoms with Crippen molar-refractivity contribution in [3.63, 3.8) is 0 Å². The maximum absolute atomic E-state index is 10.5. The molecule has 0 amide bonds. The molecule has 0 saturated heterocycles. The van der Waals surface area contributed by atoms with Crippen LogP contribution >= 0.6 is 0 Å². The molecule has 0 unspecified atom stereocenters. The van der Waals surface area contributed by atoms with E-state index in [2.05, 4.69) is 15.5 Å². The minimum absolute atomic E-state index is 0.0869. The Morgan fingerprint density at radius 3 is 2.67 bits per heavy atom. The van der Waals surface area contributed by atoms with E-state index in [1.807, 2.05) is 0 Å². The number of non-ortho nitro benzene ring substituents is 1. The second kappa shape index (κ2) is 5.32. The van der Waals surface area contributed by atoms with Crippen molar-refractivity contribution in [1.29, 1.82) is 0 Å². The highest BCUT2D eigenvalue weighted by Gasteiger charge is 2.06. The van der Waals surface area contributed by atoms with Crippen molar-refractivity contribution in [2.75, 3.05) is 0 Å². The molecule has 0 aliphatic heterocycles. The smallest absolute Gasteiger partial charge is 0.269 e. The first-order valence-electron chi connectivity index (χ1n) is 5.39. The number of hydrogen-bond donors (Lipinski definition) is 1. The number of nitro groups is 1. The van der Waals surface area contributed by atoms with E-state index in [4.69, 9.17) is 5.73 Å². The summed E-state index contributed by atoms with van der Waals surface area (Å²) in [4.78, 5) is 10.1. The zero-order valence-electron chi connectivity index (χ0n) is 9.56. The lowest BCUT2D eigenvalue weighted by molar-refractivity contribution is -0.384. The first kappa shape index (κ1) is 12.1. The standard InChI is InChI=1S/C10H12N6O2/c11-7-10-12-13-14-15(10)6-5-8-1-3-9(4-2-8)16(17)18/h1-4H,5-7,11H2. The topological polar surface area (TPSA) is 113 Å². The maximum Gasteiger partial charge on any atom is 0.269 e. The van der Waals surface area contributed by atoms with Gasteiger partial charge in [0.1, 0.15) is 0 Å². The van der Waals surface area contributed by atoms with Crippen molar-refractivity contribution in [3.8, 4) is 0 Å². The Bertz CT molecular complexity index is 536. The van der Waals surface area contributed by atoms with Gasteiger partial charge in [-0.3, -0.25) is 10.1 Å². The van der Waals surface area contributed by atoms with Crippen molar-refractivity contribution >= 4 is 5.69 Å². The van der Waals surface area contributed by atoms with E-state index >= 15 is 0 Å². The fourth-order valence-electron chi connectivity index (χ4n) is 1.56. The van der Waals surface area contributed by atoms with Crippen LogP contribution in [0.5, 0.6) is 0 Å². The van der Waals surface area contributed by atoms with Crippen LogP contribution in [0.1, 0.15) is 11.4 Å². The van der Waals surface area contributed by atoms with Crippen LogP contribution in [0.3, 0.4) is 0 Å². The fourth-order valence-corrected chi connectivity index (χ4v) is 1.56. The lowest BCUT2D eigenvalue weighted by Gasteiger charge is -2.03. The zero-order valence-corrected chi connectivity index (χ0v) is 9.56. The summed E-state index contributed by atoms with van der Waals surface area (Å²) in [5.74, 6) is 0.622. The fraction of sp³-hybridized carbons (Fsp3) is 0.300. The summed E-state index contributed by atoms with van der Waals surface area (Å²) in [6.45, 7) is 0.880. The van der Waals surface area contributed by atoms with Gasteiger partial charge in [-0.25, -0.2) is 4.68 Å². The second-order valence-corrected chi connectivity index (χ2v) is 3.70. The molecule has 2 N–H and O–H groups in total. The largest absolute Gasteiger partial charge is 0.324 e. The summed E-state index contributed by atoms with van der Waals surface area (Å²) < 4.78 is 1.63. The Balaban J connectivity index is 2.00. The van der Waals surface area contributed by atoms with Crippen molar-refractivity contribution in [2.24, 2.45) is 5.73 Å². The Morgan fingerprint density at radius 1 is 1.33 bits per heavy atom. The van der Waals surface area contributed by atoms with Crippen LogP contribution in [0.25, 0.3) is 0 Å². The molecular formula is C10H12N6O2. The van der Waals surface area contributed by atoms with Crippen molar-refractivity contribution in [2.45, 2.75) is 19.5 Å². The van der Waals surface area contributed by atoms with E-state index in [1.54, 1.807) is 16.8 Å². The number of hydrogen-bond acceptors (Lipinski definition) is 6. The first-order chi connectivity index (χ1) is 8.70. The van der Waals surface area contributed by atoms with Gasteiger partial charge in [0.15, 0.2) is 5.82 Å². The van der Waals surface area contributed by atoms with E-state index in [0.29, 0.717) is 18.8 Å². The van der Waals surface area contributed by atoms with Crippen LogP contribution in [-0.2, 0) is 19.5 Å². The maximum atomic E-state index is 10.5. The van der Waals surface area contributed by atoms with Crippen LogP contribution in [0, 0.1) is 10.1 Å². The molecule has 2 aromatic rings. The molecule has 1 heterocycles. The molecule has 0 fully saturated rings. The Hall–Kier alpha value is -2.35. The van der Waals surface area contributed by atoms with Crippen LogP contribution in [0.4, 0.5) is 5.69 Å². The van der Waals surface area contributed by atoms with Crippen LogP contribution < -0.4 is 5.73 Å². The van der Waals surface area contributed by atoms with Crippen LogP contribution in [0.15, 0.2) is 24.3 Å². The van der Waals surface area contributed by atoms with E-state index in [9.17, 15) is 10.1 Å². The van der Waals surface area contributed by atoms with Crippen molar-refractivity contribution in [1.82, 2.24) is 20.2 Å². The van der Waals surface area contributed by atoms with E-state index < -0.39 is 4.92 Å². The molecule has 8 heteroatoms. The molecule has 0 radical (unpaired) electrons. The van der Waals surface area contributed by atoms with Crippen molar-refractivity contribution < 1.29 is 4.92 Å². The summed E-state index contributed by atoms with van der Waals surface area (Å²) in [5.41, 5.74) is 6.55. The second-order valence-electron chi connectivity index (χ2n) is 3.70. The lowest BCUT2D eigenvalue weighted by atomic mass is 10.1. The highest BCUT2D eigenvalue weighted by Crippen LogP contribution is 2.12. The summed E-state index contributed by atoms with van der Waals surface area (Å²) in [6, 6.07) is 6.42. The van der Waals surface area contributed by atoms with Gasteiger partial charge in [-0.15, -0.1) is 5.10 Å². The van der Waals surface area contributed by atoms with E-state index in [1.165, 1.54) is 12.1 Å². The Labute approximate surface area is 103 Å². The minimum atomic E-state index is -0.419. The first-order valence-corrected chi connectivity index (χ1v) is 5.39. The van der Waals surface area contributed by atoms with E-state index in [-0.39, 0.29) is 12.2 Å². The number of nitrogens with zero attached hydrogens (tertiary/aromatic N) is 5. The molecule has 0 spiro atoms. The monoisotopic (exact) mass is 248 g/mol. The molecule has 2 rings (SSSR count). The van der Waals surface area contributed by atoms with Gasteiger partial charge in [0.05, 0.1) is 11.5 Å². The zero-order chi connectivity index (χ0) is 13.0. The molecule has 94 valence electrons. The Kier molecular flexibility index (Phi) is 3.58. The molecule has 0 atom stereocenters. The molecule has 0 bridgehead atoms. The number of rotatable bonds is 5. The highest BCUT2D eigenvalue weighted by molar-refractivity contribution is 5.32. The number of benzene rings is 1. The third kappa shape index (κ3) is 2.66. The summed E-state index contributed by atoms with van der Waals surface area (Å²) in [6.07, 6.45) is 0.691. The third-order valence-corrected chi connectivity index (χ3v) is 2.55. The van der Waals surface area contributed by atoms with Gasteiger partial charge in [-0.05, 0) is 22.4 Å². The average molecular weight is 248 g/mol. The number of tetrazole rings is 1. The molecule has 8 nitrogen and oxygen atoms in total. The van der Waals surface area contributed by atoms with Gasteiger partial charge in [-0.1, -0.05) is 12.1 Å². The number of aromatic nitrogens is 4. The van der Waals surface area contributed by atoms with Gasteiger partial charge in [0, 0.05) is 18.7 Å². The SMILES string of the molecule is NCc1nnnn1CCc1ccc([N+](=O)[O-])cc1. The number of nitro benzene ring substituents is 1. The lowest BCUT2D eigenvalue weighted by Crippen LogP contribution is -2.11. The molecule has 1 aromatic heterocycles. The summed E-state index contributed by atoms with van der Waals surface area (Å²) in [7, 11) is 0. The minimum Gasteiger partial charge on any atom is -0.324 e. The van der Waals surface area contributed by atoms with Gasteiger partial charge < -0.3 is 5.73 Å². The van der Waals surface area contributed by atoms with Gasteiger partial charge in [0.25, 0.3) is 5.69 Å². The number of nitrogens with two attached hydrogens (primary N) is 1. The third-order valence-electron chi connectivity index (χ3n) is 2.55. The van der Waals surface area contributed by atoms with Crippen LogP contribution in [0.2, 0.25) is 0 Å². The molecule has 0 aliphatic carbocycles. The Morgan fingerprint density at radius 2 is 2.06 bits per heavy atom. The predicted octanol–water partition coefficient (Wildman–Crippen LogP) is 0.283. The quantitative estimate of drug-likeness (QED) is 0.600. The summed E-state index contributed by atoms with van der Waals surface area (Å²) >= 11 is 0. The molecule has 18 heavy (non-hydrogen) atoms. The molecular weight excluding hydrogens is 236 g/mol. The molecule has 0 aliphatic rings. The average Bonchev–Trinajstić information content (AvgIpc) is 2.84. The predicted molar refractivity (Wildman–Crippen MR) is 62.5 cm³/mol. The van der Waals surface area contributed by atoms with Gasteiger partial charge in [0.2, 0.25) is 0 Å². The van der Waals surface area contributed by atoms with Gasteiger partial charge >= 0.3 is 0 Å². The summed E-state index contributed by atoms with van der Waals surface area (Å²) in [5, 5.41) is 21.6. The van der Waals surface area contributed by atoms with Crippen LogP contribution in [-0.4, -0.2) is 25.1 Å². The van der Waals surface area contributed by atoms with Crippen molar-refractivity contribution in [3.05, 3.63) is 45.8 Å². The van der Waals surface area contributed by atoms with Gasteiger partial charge in [-0.2, -0.15) is 0 Å². The highest BCUT2D eigenvalue weighted by atomic mass is 16.6. The normalized spacial score (nSPS) is 10.5. The van der Waals surface area contributed by atoms with E-state index in [0.717, 1.165) is 5.56 Å². The molecule has 0 saturated carbocycles. The molecule has 1 aromatic carbocycles.